The number of nitrogens with one attached hydrogen (secondary N) is 2. The van der Waals surface area contributed by atoms with Gasteiger partial charge < -0.3 is 10.6 Å². The van der Waals surface area contributed by atoms with E-state index in [-0.39, 0.29) is 23.5 Å². The van der Waals surface area contributed by atoms with Crippen LogP contribution in [0.1, 0.15) is 44.2 Å². The van der Waals surface area contributed by atoms with E-state index >= 15 is 0 Å². The van der Waals surface area contributed by atoms with Crippen molar-refractivity contribution in [2.75, 3.05) is 0 Å². The Balaban J connectivity index is 1.76. The smallest absolute Gasteiger partial charge is 0.239 e. The molecule has 0 saturated heterocycles. The van der Waals surface area contributed by atoms with Crippen LogP contribution in [-0.4, -0.2) is 11.7 Å². The molecule has 1 spiro atoms. The van der Waals surface area contributed by atoms with Gasteiger partial charge in [-0.2, -0.15) is 0 Å². The molecule has 1 aliphatic carbocycles. The molecule has 1 amide bonds. The Kier molecular flexibility index (Phi) is 3.72. The van der Waals surface area contributed by atoms with Gasteiger partial charge in [-0.15, -0.1) is 0 Å². The average Bonchev–Trinajstić information content (AvgIpc) is 2.96. The van der Waals surface area contributed by atoms with E-state index in [1.165, 1.54) is 18.2 Å². The molecule has 1 aliphatic heterocycles. The third-order valence-electron chi connectivity index (χ3n) is 4.61. The van der Waals surface area contributed by atoms with Crippen LogP contribution in [-0.2, 0) is 9.59 Å². The van der Waals surface area contributed by atoms with Crippen LogP contribution in [0.2, 0.25) is 0 Å². The lowest BCUT2D eigenvalue weighted by Gasteiger charge is -2.31. The molecule has 1 heterocycles. The second-order valence-electron chi connectivity index (χ2n) is 6.09. The van der Waals surface area contributed by atoms with Gasteiger partial charge in [-0.25, -0.2) is 4.39 Å². The summed E-state index contributed by atoms with van der Waals surface area (Å²) in [5.41, 5.74) is -0.100. The fourth-order valence-electron chi connectivity index (χ4n) is 3.28. The van der Waals surface area contributed by atoms with Crippen LogP contribution in [0.25, 0.3) is 0 Å². The summed E-state index contributed by atoms with van der Waals surface area (Å²) >= 11 is 0. The first-order valence-corrected chi connectivity index (χ1v) is 7.61. The summed E-state index contributed by atoms with van der Waals surface area (Å²) in [6.07, 6.45) is 4.55. The maximum Gasteiger partial charge on any atom is 0.239 e. The van der Waals surface area contributed by atoms with Crippen LogP contribution in [0, 0.1) is 11.2 Å². The monoisotopic (exact) mass is 302 g/mol. The lowest BCUT2D eigenvalue weighted by Crippen LogP contribution is -2.50. The van der Waals surface area contributed by atoms with Gasteiger partial charge in [-0.3, -0.25) is 9.59 Å². The van der Waals surface area contributed by atoms with E-state index in [2.05, 4.69) is 10.6 Å². The topological polar surface area (TPSA) is 58.2 Å². The molecule has 22 heavy (non-hydrogen) atoms. The highest BCUT2D eigenvalue weighted by atomic mass is 19.1. The maximum absolute atomic E-state index is 13.3. The van der Waals surface area contributed by atoms with E-state index in [0.29, 0.717) is 18.7 Å². The minimum atomic E-state index is -0.854. The summed E-state index contributed by atoms with van der Waals surface area (Å²) in [4.78, 5) is 24.7. The molecule has 1 aromatic rings. The molecule has 4 nitrogen and oxygen atoms in total. The molecule has 1 aromatic carbocycles. The molecule has 2 aliphatic rings. The number of carbonyl (C=O) groups excluding carboxylic acids is 2. The van der Waals surface area contributed by atoms with Crippen molar-refractivity contribution in [3.05, 3.63) is 47.5 Å². The van der Waals surface area contributed by atoms with Crippen molar-refractivity contribution >= 4 is 11.7 Å². The highest BCUT2D eigenvalue weighted by Crippen LogP contribution is 2.41. The zero-order chi connectivity index (χ0) is 15.7. The lowest BCUT2D eigenvalue weighted by molar-refractivity contribution is -0.140. The van der Waals surface area contributed by atoms with Gasteiger partial charge in [0.05, 0.1) is 0 Å². The number of hydrogen-bond acceptors (Lipinski definition) is 3. The number of hydrogen-bond donors (Lipinski definition) is 2. The number of halogens is 1. The Morgan fingerprint density at radius 3 is 2.64 bits per heavy atom. The highest BCUT2D eigenvalue weighted by Gasteiger charge is 2.49. The minimum Gasteiger partial charge on any atom is -0.365 e. The van der Waals surface area contributed by atoms with E-state index in [1.807, 2.05) is 6.92 Å². The third-order valence-corrected chi connectivity index (χ3v) is 4.61. The van der Waals surface area contributed by atoms with Gasteiger partial charge in [-0.1, -0.05) is 25.0 Å². The Morgan fingerprint density at radius 1 is 1.27 bits per heavy atom. The number of benzene rings is 1. The summed E-state index contributed by atoms with van der Waals surface area (Å²) < 4.78 is 13.3. The minimum absolute atomic E-state index is 0.123. The largest absolute Gasteiger partial charge is 0.365 e. The Morgan fingerprint density at radius 2 is 2.00 bits per heavy atom. The second-order valence-corrected chi connectivity index (χ2v) is 6.09. The van der Waals surface area contributed by atoms with E-state index in [4.69, 9.17) is 0 Å². The first kappa shape index (κ1) is 14.8. The van der Waals surface area contributed by atoms with Crippen molar-refractivity contribution in [2.45, 2.75) is 38.6 Å². The average molecular weight is 302 g/mol. The molecule has 0 bridgehead atoms. The fourth-order valence-corrected chi connectivity index (χ4v) is 3.28. The lowest BCUT2D eigenvalue weighted by atomic mass is 9.79. The summed E-state index contributed by atoms with van der Waals surface area (Å²) in [6.45, 7) is 1.85. The van der Waals surface area contributed by atoms with Crippen LogP contribution in [0.15, 0.2) is 36.2 Å². The van der Waals surface area contributed by atoms with Gasteiger partial charge in [-0.05, 0) is 37.5 Å². The molecule has 1 saturated carbocycles. The second kappa shape index (κ2) is 5.55. The normalized spacial score (nSPS) is 21.5. The first-order valence-electron chi connectivity index (χ1n) is 7.61. The highest BCUT2D eigenvalue weighted by molar-refractivity contribution is 6.14. The first-order chi connectivity index (χ1) is 10.5. The van der Waals surface area contributed by atoms with Gasteiger partial charge in [0, 0.05) is 12.1 Å². The predicted octanol–water partition coefficient (Wildman–Crippen LogP) is 2.58. The van der Waals surface area contributed by atoms with Crippen LogP contribution in [0.5, 0.6) is 0 Å². The molecular weight excluding hydrogens is 283 g/mol. The van der Waals surface area contributed by atoms with E-state index in [1.54, 1.807) is 12.1 Å². The number of amides is 1. The number of ketones is 1. The molecule has 1 unspecified atom stereocenters. The molecule has 0 aromatic heterocycles. The summed E-state index contributed by atoms with van der Waals surface area (Å²) in [7, 11) is 0. The molecule has 3 rings (SSSR count). The van der Waals surface area contributed by atoms with Crippen LogP contribution < -0.4 is 10.6 Å². The Bertz CT molecular complexity index is 648. The fraction of sp³-hybridized carbons (Fsp3) is 0.412. The molecule has 0 radical (unpaired) electrons. The molecule has 5 heteroatoms. The van der Waals surface area contributed by atoms with Gasteiger partial charge in [0.15, 0.2) is 5.78 Å². The van der Waals surface area contributed by atoms with E-state index in [0.717, 1.165) is 18.4 Å². The summed E-state index contributed by atoms with van der Waals surface area (Å²) in [6, 6.07) is 6.03. The SMILES string of the molecule is CC(NC1=CC(=O)C2(CCCC2)C(=O)N1)c1cccc(F)c1. The van der Waals surface area contributed by atoms with Crippen molar-refractivity contribution in [1.29, 1.82) is 0 Å². The number of rotatable bonds is 3. The van der Waals surface area contributed by atoms with Crippen molar-refractivity contribution in [2.24, 2.45) is 5.41 Å². The zero-order valence-corrected chi connectivity index (χ0v) is 12.5. The zero-order valence-electron chi connectivity index (χ0n) is 12.5. The molecule has 1 atom stereocenters. The van der Waals surface area contributed by atoms with Gasteiger partial charge >= 0.3 is 0 Å². The standard InChI is InChI=1S/C17H19FN2O2/c1-11(12-5-4-6-13(18)9-12)19-15-10-14(21)17(16(22)20-15)7-2-3-8-17/h4-6,9-11,19H,2-3,7-8H2,1H3,(H,20,22). The summed E-state index contributed by atoms with van der Waals surface area (Å²) in [5, 5.41) is 5.86. The van der Waals surface area contributed by atoms with Gasteiger partial charge in [0.2, 0.25) is 5.91 Å². The molecule has 2 N–H and O–H groups in total. The maximum atomic E-state index is 13.3. The van der Waals surface area contributed by atoms with Crippen molar-refractivity contribution < 1.29 is 14.0 Å². The molecule has 1 fully saturated rings. The van der Waals surface area contributed by atoms with Crippen LogP contribution >= 0.6 is 0 Å². The van der Waals surface area contributed by atoms with Crippen molar-refractivity contribution in [3.63, 3.8) is 0 Å². The van der Waals surface area contributed by atoms with E-state index in [9.17, 15) is 14.0 Å². The summed E-state index contributed by atoms with van der Waals surface area (Å²) in [5.74, 6) is -0.257. The van der Waals surface area contributed by atoms with Crippen LogP contribution in [0.4, 0.5) is 4.39 Å². The van der Waals surface area contributed by atoms with E-state index < -0.39 is 5.41 Å². The van der Waals surface area contributed by atoms with Gasteiger partial charge in [0.1, 0.15) is 17.1 Å². The van der Waals surface area contributed by atoms with Crippen LogP contribution in [0.3, 0.4) is 0 Å². The number of carbonyl (C=O) groups is 2. The quantitative estimate of drug-likeness (QED) is 0.844. The third kappa shape index (κ3) is 2.51. The predicted molar refractivity (Wildman–Crippen MR) is 80.1 cm³/mol. The Labute approximate surface area is 128 Å². The Hall–Kier alpha value is -2.17. The molecular formula is C17H19FN2O2. The number of allylic oxidation sites excluding steroid dienone is 1. The van der Waals surface area contributed by atoms with Crippen molar-refractivity contribution in [3.8, 4) is 0 Å². The van der Waals surface area contributed by atoms with Crippen molar-refractivity contribution in [1.82, 2.24) is 10.6 Å². The van der Waals surface area contributed by atoms with Gasteiger partial charge in [0.25, 0.3) is 0 Å². The molecule has 116 valence electrons.